The lowest BCUT2D eigenvalue weighted by Gasteiger charge is -2.07. The molecule has 0 unspecified atom stereocenters. The molecule has 30 heavy (non-hydrogen) atoms. The van der Waals surface area contributed by atoms with E-state index in [4.69, 9.17) is 27.9 Å². The fraction of sp³-hybridized carbons (Fsp3) is 0.0909. The summed E-state index contributed by atoms with van der Waals surface area (Å²) in [6.45, 7) is 0.408. The Kier molecular flexibility index (Phi) is 5.79. The summed E-state index contributed by atoms with van der Waals surface area (Å²) in [5, 5.41) is 13.0. The van der Waals surface area contributed by atoms with Crippen molar-refractivity contribution < 1.29 is 14.6 Å². The molecule has 0 fully saturated rings. The number of phenolic OH excluding ortho intramolecular Hbond substituents is 1. The van der Waals surface area contributed by atoms with Gasteiger partial charge in [0.25, 0.3) is 0 Å². The quantitative estimate of drug-likeness (QED) is 0.377. The molecule has 0 aliphatic rings. The summed E-state index contributed by atoms with van der Waals surface area (Å²) in [7, 11) is 0. The largest absolute Gasteiger partial charge is 0.508 e. The minimum absolute atomic E-state index is 0.209. The number of H-pyrrole nitrogens is 1. The number of phenols is 1. The molecule has 8 heteroatoms. The zero-order valence-corrected chi connectivity index (χ0v) is 17.2. The number of aromatic amines is 1. The molecule has 4 rings (SSSR count). The molecule has 3 N–H and O–H groups in total. The first-order valence-corrected chi connectivity index (χ1v) is 9.93. The smallest absolute Gasteiger partial charge is 0.412 e. The number of fused-ring (bicyclic) bond motifs is 1. The third-order valence-electron chi connectivity index (χ3n) is 4.48. The van der Waals surface area contributed by atoms with Crippen LogP contribution in [-0.2, 0) is 6.42 Å². The number of aromatic nitrogens is 2. The van der Waals surface area contributed by atoms with Crippen LogP contribution in [0.3, 0.4) is 0 Å². The number of nitrogens with zero attached hydrogens (tertiary/aromatic N) is 1. The van der Waals surface area contributed by atoms with Crippen molar-refractivity contribution in [2.24, 2.45) is 0 Å². The molecule has 1 amide bonds. The van der Waals surface area contributed by atoms with Gasteiger partial charge >= 0.3 is 6.09 Å². The number of imidazole rings is 1. The summed E-state index contributed by atoms with van der Waals surface area (Å²) in [4.78, 5) is 19.8. The van der Waals surface area contributed by atoms with Gasteiger partial charge in [-0.05, 0) is 48.4 Å². The molecule has 1 aromatic heterocycles. The summed E-state index contributed by atoms with van der Waals surface area (Å²) >= 11 is 12.5. The fourth-order valence-corrected chi connectivity index (χ4v) is 3.59. The second-order valence-corrected chi connectivity index (χ2v) is 7.41. The maximum absolute atomic E-state index is 12.1. The Morgan fingerprint density at radius 2 is 1.80 bits per heavy atom. The Morgan fingerprint density at radius 3 is 2.53 bits per heavy atom. The van der Waals surface area contributed by atoms with Crippen LogP contribution >= 0.6 is 23.2 Å². The Morgan fingerprint density at radius 1 is 1.07 bits per heavy atom. The molecule has 0 bridgehead atoms. The number of nitrogens with one attached hydrogen (secondary N) is 2. The lowest BCUT2D eigenvalue weighted by atomic mass is 10.1. The van der Waals surface area contributed by atoms with Gasteiger partial charge in [-0.2, -0.15) is 0 Å². The molecule has 0 aliphatic carbocycles. The van der Waals surface area contributed by atoms with Gasteiger partial charge in [0.1, 0.15) is 17.3 Å². The van der Waals surface area contributed by atoms with Crippen LogP contribution in [0.2, 0.25) is 10.0 Å². The summed E-state index contributed by atoms with van der Waals surface area (Å²) in [5.74, 6) is 1.13. The molecule has 6 nitrogen and oxygen atoms in total. The molecule has 3 aromatic carbocycles. The highest BCUT2D eigenvalue weighted by molar-refractivity contribution is 6.39. The molecule has 0 aliphatic heterocycles. The van der Waals surface area contributed by atoms with Gasteiger partial charge in [0.2, 0.25) is 0 Å². The Bertz CT molecular complexity index is 1190. The van der Waals surface area contributed by atoms with Crippen molar-refractivity contribution in [2.45, 2.75) is 6.42 Å². The van der Waals surface area contributed by atoms with E-state index < -0.39 is 6.09 Å². The van der Waals surface area contributed by atoms with Gasteiger partial charge < -0.3 is 20.1 Å². The van der Waals surface area contributed by atoms with Crippen molar-refractivity contribution in [3.05, 3.63) is 76.3 Å². The first-order chi connectivity index (χ1) is 14.5. The minimum atomic E-state index is -0.554. The van der Waals surface area contributed by atoms with Crippen LogP contribution in [0.1, 0.15) is 5.56 Å². The van der Waals surface area contributed by atoms with Crippen LogP contribution in [0.5, 0.6) is 11.5 Å². The standard InChI is InChI=1S/C22H17Cl2N3O3/c23-16-2-1-3-17(24)20(16)21-26-18-9-8-15(12-19(18)27-21)30-22(29)25-11-10-13-4-6-14(28)7-5-13/h1-9,12,28H,10-11H2,(H,25,29)(H,26,27). The molecule has 152 valence electrons. The molecule has 1 heterocycles. The first-order valence-electron chi connectivity index (χ1n) is 9.17. The summed E-state index contributed by atoms with van der Waals surface area (Å²) in [5.41, 5.74) is 3.00. The molecule has 0 saturated heterocycles. The van der Waals surface area contributed by atoms with Crippen molar-refractivity contribution >= 4 is 40.3 Å². The van der Waals surface area contributed by atoms with Crippen molar-refractivity contribution in [2.75, 3.05) is 6.54 Å². The van der Waals surface area contributed by atoms with Crippen molar-refractivity contribution in [1.82, 2.24) is 15.3 Å². The molecular weight excluding hydrogens is 425 g/mol. The highest BCUT2D eigenvalue weighted by Gasteiger charge is 2.14. The SMILES string of the molecule is O=C(NCCc1ccc(O)cc1)Oc1ccc2nc(-c3c(Cl)cccc3Cl)[nH]c2c1. The normalized spacial score (nSPS) is 10.9. The van der Waals surface area contributed by atoms with Crippen LogP contribution in [0.4, 0.5) is 4.79 Å². The number of carbonyl (C=O) groups is 1. The molecule has 0 spiro atoms. The average Bonchev–Trinajstić information content (AvgIpc) is 3.12. The van der Waals surface area contributed by atoms with Crippen LogP contribution < -0.4 is 10.1 Å². The summed E-state index contributed by atoms with van der Waals surface area (Å²) in [6, 6.07) is 17.2. The number of rotatable bonds is 5. The first kappa shape index (κ1) is 20.1. The highest BCUT2D eigenvalue weighted by atomic mass is 35.5. The van der Waals surface area contributed by atoms with Gasteiger partial charge in [0.15, 0.2) is 0 Å². The molecule has 0 radical (unpaired) electrons. The van der Waals surface area contributed by atoms with Crippen LogP contribution in [-0.4, -0.2) is 27.7 Å². The second-order valence-electron chi connectivity index (χ2n) is 6.59. The molecule has 0 atom stereocenters. The lowest BCUT2D eigenvalue weighted by molar-refractivity contribution is 0.200. The number of halogens is 2. The van der Waals surface area contributed by atoms with Crippen LogP contribution in [0.15, 0.2) is 60.7 Å². The topological polar surface area (TPSA) is 87.2 Å². The van der Waals surface area contributed by atoms with Gasteiger partial charge in [-0.15, -0.1) is 0 Å². The molecule has 0 saturated carbocycles. The Hall–Kier alpha value is -3.22. The molecular formula is C22H17Cl2N3O3. The zero-order valence-electron chi connectivity index (χ0n) is 15.7. The number of ether oxygens (including phenoxy) is 1. The number of amides is 1. The maximum atomic E-state index is 12.1. The zero-order chi connectivity index (χ0) is 21.1. The summed E-state index contributed by atoms with van der Waals surface area (Å²) in [6.07, 6.45) is 0.0683. The van der Waals surface area contributed by atoms with Gasteiger partial charge in [0, 0.05) is 12.6 Å². The predicted octanol–water partition coefficient (Wildman–Crippen LogP) is 5.57. The van der Waals surface area contributed by atoms with E-state index in [0.29, 0.717) is 51.2 Å². The van der Waals surface area contributed by atoms with Crippen molar-refractivity contribution in [3.8, 4) is 22.9 Å². The third-order valence-corrected chi connectivity index (χ3v) is 5.11. The summed E-state index contributed by atoms with van der Waals surface area (Å²) < 4.78 is 5.35. The Balaban J connectivity index is 1.42. The van der Waals surface area contributed by atoms with Crippen LogP contribution in [0.25, 0.3) is 22.4 Å². The lowest BCUT2D eigenvalue weighted by Crippen LogP contribution is -2.28. The highest BCUT2D eigenvalue weighted by Crippen LogP contribution is 2.34. The third kappa shape index (κ3) is 4.50. The van der Waals surface area contributed by atoms with E-state index in [1.165, 1.54) is 0 Å². The van der Waals surface area contributed by atoms with Gasteiger partial charge in [-0.1, -0.05) is 41.4 Å². The maximum Gasteiger partial charge on any atom is 0.412 e. The number of aromatic hydroxyl groups is 1. The van der Waals surface area contributed by atoms with Crippen molar-refractivity contribution in [3.63, 3.8) is 0 Å². The molecule has 4 aromatic rings. The number of hydrogen-bond acceptors (Lipinski definition) is 4. The Labute approximate surface area is 182 Å². The van der Waals surface area contributed by atoms with Gasteiger partial charge in [-0.3, -0.25) is 0 Å². The van der Waals surface area contributed by atoms with Gasteiger partial charge in [-0.25, -0.2) is 9.78 Å². The van der Waals surface area contributed by atoms with E-state index >= 15 is 0 Å². The average molecular weight is 442 g/mol. The van der Waals surface area contributed by atoms with E-state index in [9.17, 15) is 9.90 Å². The second kappa shape index (κ2) is 8.65. The van der Waals surface area contributed by atoms with Gasteiger partial charge in [0.05, 0.1) is 26.6 Å². The number of benzene rings is 3. The number of hydrogen-bond donors (Lipinski definition) is 3. The van der Waals surface area contributed by atoms with E-state index in [0.717, 1.165) is 5.56 Å². The predicted molar refractivity (Wildman–Crippen MR) is 117 cm³/mol. The van der Waals surface area contributed by atoms with Crippen molar-refractivity contribution in [1.29, 1.82) is 0 Å². The van der Waals surface area contributed by atoms with E-state index in [-0.39, 0.29) is 5.75 Å². The minimum Gasteiger partial charge on any atom is -0.508 e. The van der Waals surface area contributed by atoms with Crippen LogP contribution in [0, 0.1) is 0 Å². The fourth-order valence-electron chi connectivity index (χ4n) is 3.01. The van der Waals surface area contributed by atoms with E-state index in [1.807, 2.05) is 0 Å². The monoisotopic (exact) mass is 441 g/mol. The van der Waals surface area contributed by atoms with E-state index in [1.54, 1.807) is 60.7 Å². The number of carbonyl (C=O) groups excluding carboxylic acids is 1. The van der Waals surface area contributed by atoms with E-state index in [2.05, 4.69) is 15.3 Å².